The Hall–Kier alpha value is -2.77. The Morgan fingerprint density at radius 1 is 0.875 bits per heavy atom. The van der Waals surface area contributed by atoms with Crippen LogP contribution in [0.25, 0.3) is 0 Å². The molecule has 5 nitrogen and oxygen atoms in total. The summed E-state index contributed by atoms with van der Waals surface area (Å²) < 4.78 is 28.0. The second-order valence-electron chi connectivity index (χ2n) is 7.74. The second-order valence-corrected chi connectivity index (χ2v) is 10.5. The fourth-order valence-corrected chi connectivity index (χ4v) is 4.95. The summed E-state index contributed by atoms with van der Waals surface area (Å²) in [5.74, 6) is 1.46. The molecule has 0 fully saturated rings. The first-order valence-corrected chi connectivity index (χ1v) is 13.0. The number of thioether (sulfide) groups is 1. The molecule has 0 aliphatic heterocycles. The van der Waals surface area contributed by atoms with Crippen LogP contribution >= 0.6 is 11.8 Å². The Labute approximate surface area is 194 Å². The molecule has 7 heteroatoms. The molecular formula is C25H28N2O3S2. The molecule has 2 N–H and O–H groups in total. The monoisotopic (exact) mass is 468 g/mol. The van der Waals surface area contributed by atoms with Gasteiger partial charge in [-0.15, -0.1) is 0 Å². The van der Waals surface area contributed by atoms with Gasteiger partial charge in [-0.05, 0) is 56.2 Å². The molecule has 0 aliphatic rings. The van der Waals surface area contributed by atoms with Gasteiger partial charge in [0, 0.05) is 23.6 Å². The molecule has 3 aromatic carbocycles. The van der Waals surface area contributed by atoms with Crippen molar-refractivity contribution in [2.75, 3.05) is 17.0 Å². The molecule has 3 aromatic rings. The van der Waals surface area contributed by atoms with Gasteiger partial charge in [0.15, 0.2) is 0 Å². The number of carbonyl (C=O) groups is 1. The van der Waals surface area contributed by atoms with E-state index in [2.05, 4.69) is 41.2 Å². The average molecular weight is 469 g/mol. The van der Waals surface area contributed by atoms with Crippen LogP contribution in [-0.4, -0.2) is 26.6 Å². The van der Waals surface area contributed by atoms with Crippen molar-refractivity contribution < 1.29 is 13.2 Å². The number of aryl methyl sites for hydroxylation is 3. The zero-order valence-electron chi connectivity index (χ0n) is 18.5. The number of hydrogen-bond donors (Lipinski definition) is 2. The van der Waals surface area contributed by atoms with Crippen molar-refractivity contribution in [1.29, 1.82) is 0 Å². The van der Waals surface area contributed by atoms with Gasteiger partial charge in [0.25, 0.3) is 15.9 Å². The molecule has 0 aromatic heterocycles. The largest absolute Gasteiger partial charge is 0.351 e. The third kappa shape index (κ3) is 6.61. The van der Waals surface area contributed by atoms with Crippen LogP contribution in [0.2, 0.25) is 0 Å². The minimum atomic E-state index is -3.73. The minimum absolute atomic E-state index is 0.183. The zero-order chi connectivity index (χ0) is 23.1. The minimum Gasteiger partial charge on any atom is -0.351 e. The molecule has 0 saturated carbocycles. The van der Waals surface area contributed by atoms with E-state index in [1.54, 1.807) is 61.2 Å². The molecule has 0 atom stereocenters. The number of nitrogens with one attached hydrogen (secondary N) is 2. The number of rotatable bonds is 9. The maximum atomic E-state index is 12.7. The van der Waals surface area contributed by atoms with Crippen molar-refractivity contribution in [3.05, 3.63) is 94.5 Å². The first kappa shape index (κ1) is 23.9. The van der Waals surface area contributed by atoms with Crippen LogP contribution < -0.4 is 10.0 Å². The van der Waals surface area contributed by atoms with E-state index in [0.717, 1.165) is 22.6 Å². The molecule has 1 amide bonds. The fourth-order valence-electron chi connectivity index (χ4n) is 3.01. The number of sulfonamides is 1. The number of benzene rings is 3. The molecule has 32 heavy (non-hydrogen) atoms. The lowest BCUT2D eigenvalue weighted by Crippen LogP contribution is -2.26. The zero-order valence-corrected chi connectivity index (χ0v) is 20.1. The first-order valence-electron chi connectivity index (χ1n) is 10.4. The molecule has 0 aliphatic carbocycles. The highest BCUT2D eigenvalue weighted by atomic mass is 32.2. The van der Waals surface area contributed by atoms with Gasteiger partial charge in [-0.2, -0.15) is 11.8 Å². The molecule has 3 rings (SSSR count). The van der Waals surface area contributed by atoms with Crippen LogP contribution in [-0.2, 0) is 15.8 Å². The Kier molecular flexibility index (Phi) is 7.99. The Morgan fingerprint density at radius 2 is 1.50 bits per heavy atom. The maximum absolute atomic E-state index is 12.7. The van der Waals surface area contributed by atoms with E-state index >= 15 is 0 Å². The van der Waals surface area contributed by atoms with Gasteiger partial charge in [0.2, 0.25) is 0 Å². The second kappa shape index (κ2) is 10.7. The van der Waals surface area contributed by atoms with Gasteiger partial charge < -0.3 is 5.32 Å². The van der Waals surface area contributed by atoms with E-state index in [-0.39, 0.29) is 10.8 Å². The van der Waals surface area contributed by atoms with Crippen molar-refractivity contribution in [2.24, 2.45) is 0 Å². The summed E-state index contributed by atoms with van der Waals surface area (Å²) in [6, 6.07) is 20.1. The standard InChI is InChI=1S/C25H28N2O3S2/c1-18-4-9-21(10-5-18)17-31-15-14-26-25(28)22-11-8-20(3)24(16-22)27-32(29,30)23-12-6-19(2)7-13-23/h4-13,16,27H,14-15,17H2,1-3H3,(H,26,28). The Bertz CT molecular complexity index is 1170. The quantitative estimate of drug-likeness (QED) is 0.430. The number of hydrogen-bond acceptors (Lipinski definition) is 4. The summed E-state index contributed by atoms with van der Waals surface area (Å²) in [7, 11) is -3.73. The fraction of sp³-hybridized carbons (Fsp3) is 0.240. The number of amides is 1. The van der Waals surface area contributed by atoms with Gasteiger partial charge in [-0.3, -0.25) is 9.52 Å². The van der Waals surface area contributed by atoms with Crippen molar-refractivity contribution in [3.63, 3.8) is 0 Å². The summed E-state index contributed by atoms with van der Waals surface area (Å²) in [6.07, 6.45) is 0. The highest BCUT2D eigenvalue weighted by Crippen LogP contribution is 2.22. The first-order chi connectivity index (χ1) is 15.2. The normalized spacial score (nSPS) is 11.2. The van der Waals surface area contributed by atoms with Crippen LogP contribution in [0.1, 0.15) is 32.6 Å². The summed E-state index contributed by atoms with van der Waals surface area (Å²) in [5, 5.41) is 2.90. The molecule has 0 saturated heterocycles. The highest BCUT2D eigenvalue weighted by molar-refractivity contribution is 7.98. The van der Waals surface area contributed by atoms with Gasteiger partial charge in [-0.1, -0.05) is 53.6 Å². The molecule has 168 valence electrons. The SMILES string of the molecule is Cc1ccc(CSCCNC(=O)c2ccc(C)c(NS(=O)(=O)c3ccc(C)cc3)c2)cc1. The topological polar surface area (TPSA) is 75.3 Å². The van der Waals surface area contributed by atoms with E-state index in [0.29, 0.717) is 17.8 Å². The van der Waals surface area contributed by atoms with Crippen LogP contribution in [0.15, 0.2) is 71.6 Å². The molecule has 0 spiro atoms. The molecule has 0 radical (unpaired) electrons. The van der Waals surface area contributed by atoms with Crippen LogP contribution in [0.5, 0.6) is 0 Å². The van der Waals surface area contributed by atoms with Crippen molar-refractivity contribution >= 4 is 33.4 Å². The van der Waals surface area contributed by atoms with Gasteiger partial charge in [-0.25, -0.2) is 8.42 Å². The van der Waals surface area contributed by atoms with Crippen molar-refractivity contribution in [3.8, 4) is 0 Å². The molecule has 0 heterocycles. The summed E-state index contributed by atoms with van der Waals surface area (Å²) >= 11 is 1.76. The van der Waals surface area contributed by atoms with Crippen LogP contribution in [0.3, 0.4) is 0 Å². The third-order valence-corrected chi connectivity index (χ3v) is 7.41. The summed E-state index contributed by atoms with van der Waals surface area (Å²) in [5.41, 5.74) is 5.04. The lowest BCUT2D eigenvalue weighted by Gasteiger charge is -2.13. The molecular weight excluding hydrogens is 440 g/mol. The lowest BCUT2D eigenvalue weighted by atomic mass is 10.1. The van der Waals surface area contributed by atoms with Crippen molar-refractivity contribution in [2.45, 2.75) is 31.4 Å². The van der Waals surface area contributed by atoms with E-state index in [1.165, 1.54) is 11.1 Å². The third-order valence-electron chi connectivity index (χ3n) is 5.00. The Balaban J connectivity index is 1.56. The van der Waals surface area contributed by atoms with E-state index in [9.17, 15) is 13.2 Å². The maximum Gasteiger partial charge on any atom is 0.261 e. The van der Waals surface area contributed by atoms with Crippen LogP contribution in [0, 0.1) is 20.8 Å². The van der Waals surface area contributed by atoms with E-state index in [1.807, 2.05) is 6.92 Å². The highest BCUT2D eigenvalue weighted by Gasteiger charge is 2.16. The molecule has 0 bridgehead atoms. The number of anilines is 1. The molecule has 0 unspecified atom stereocenters. The van der Waals surface area contributed by atoms with Crippen molar-refractivity contribution in [1.82, 2.24) is 5.32 Å². The predicted octanol–water partition coefficient (Wildman–Crippen LogP) is 5.08. The van der Waals surface area contributed by atoms with Gasteiger partial charge >= 0.3 is 0 Å². The smallest absolute Gasteiger partial charge is 0.261 e. The lowest BCUT2D eigenvalue weighted by molar-refractivity contribution is 0.0956. The number of carbonyl (C=O) groups excluding carboxylic acids is 1. The van der Waals surface area contributed by atoms with Gasteiger partial charge in [0.1, 0.15) is 0 Å². The van der Waals surface area contributed by atoms with Crippen LogP contribution in [0.4, 0.5) is 5.69 Å². The summed E-state index contributed by atoms with van der Waals surface area (Å²) in [4.78, 5) is 12.7. The Morgan fingerprint density at radius 3 is 2.16 bits per heavy atom. The predicted molar refractivity (Wildman–Crippen MR) is 133 cm³/mol. The summed E-state index contributed by atoms with van der Waals surface area (Å²) in [6.45, 7) is 6.30. The average Bonchev–Trinajstić information content (AvgIpc) is 2.76. The van der Waals surface area contributed by atoms with Gasteiger partial charge in [0.05, 0.1) is 10.6 Å². The van der Waals surface area contributed by atoms with E-state index < -0.39 is 10.0 Å². The van der Waals surface area contributed by atoms with E-state index in [4.69, 9.17) is 0 Å².